The minimum atomic E-state index is -0.793. The lowest BCUT2D eigenvalue weighted by molar-refractivity contribution is -0.127. The molecule has 0 aromatic heterocycles. The Morgan fingerprint density at radius 3 is 2.56 bits per heavy atom. The van der Waals surface area contributed by atoms with Crippen molar-refractivity contribution in [1.82, 2.24) is 0 Å². The molecule has 2 aromatic rings. The van der Waals surface area contributed by atoms with Gasteiger partial charge in [0.15, 0.2) is 11.9 Å². The third-order valence-corrected chi connectivity index (χ3v) is 5.26. The zero-order chi connectivity index (χ0) is 23.4. The number of ketones is 1. The van der Waals surface area contributed by atoms with Crippen LogP contribution in [0.4, 0.5) is 11.4 Å². The predicted molar refractivity (Wildman–Crippen MR) is 120 cm³/mol. The standard InChI is InChI=1S/C23H23ClN2O6/c1-4-5-19(27)14-7-9-20-18(11-14)26(22(29)13(2)32-20)12-21(28)25-17-10-15(23(30)31-3)6-8-16(17)24/h6-11,13H,4-5,12H2,1-3H3,(H,25,28). The summed E-state index contributed by atoms with van der Waals surface area (Å²) in [6.07, 6.45) is 0.276. The number of hydrogen-bond acceptors (Lipinski definition) is 6. The fourth-order valence-electron chi connectivity index (χ4n) is 3.31. The number of rotatable bonds is 7. The first-order valence-electron chi connectivity index (χ1n) is 10.1. The third-order valence-electron chi connectivity index (χ3n) is 4.93. The zero-order valence-electron chi connectivity index (χ0n) is 17.9. The number of halogens is 1. The van der Waals surface area contributed by atoms with Crippen LogP contribution >= 0.6 is 11.6 Å². The summed E-state index contributed by atoms with van der Waals surface area (Å²) >= 11 is 6.14. The molecule has 1 N–H and O–H groups in total. The number of fused-ring (bicyclic) bond motifs is 1. The van der Waals surface area contributed by atoms with Crippen molar-refractivity contribution in [1.29, 1.82) is 0 Å². The Bertz CT molecular complexity index is 1080. The highest BCUT2D eigenvalue weighted by atomic mass is 35.5. The van der Waals surface area contributed by atoms with Gasteiger partial charge in [-0.1, -0.05) is 18.5 Å². The second-order valence-corrected chi connectivity index (χ2v) is 7.68. The number of carbonyl (C=O) groups is 4. The quantitative estimate of drug-likeness (QED) is 0.499. The fraction of sp³-hybridized carbons (Fsp3) is 0.304. The number of anilines is 2. The van der Waals surface area contributed by atoms with E-state index in [4.69, 9.17) is 16.3 Å². The first-order valence-corrected chi connectivity index (χ1v) is 10.5. The molecule has 0 radical (unpaired) electrons. The lowest BCUT2D eigenvalue weighted by Gasteiger charge is -2.32. The number of Topliss-reactive ketones (excluding diaryl/α,β-unsaturated/α-hetero) is 1. The number of carbonyl (C=O) groups excluding carboxylic acids is 4. The Balaban J connectivity index is 1.86. The molecule has 8 nitrogen and oxygen atoms in total. The van der Waals surface area contributed by atoms with Gasteiger partial charge in [-0.2, -0.15) is 0 Å². The average molecular weight is 459 g/mol. The average Bonchev–Trinajstić information content (AvgIpc) is 2.77. The largest absolute Gasteiger partial charge is 0.479 e. The van der Waals surface area contributed by atoms with Crippen molar-refractivity contribution in [2.75, 3.05) is 23.9 Å². The molecule has 1 aliphatic heterocycles. The maximum Gasteiger partial charge on any atom is 0.337 e. The molecule has 1 aliphatic rings. The molecule has 2 amide bonds. The van der Waals surface area contributed by atoms with E-state index in [0.29, 0.717) is 29.8 Å². The molecule has 32 heavy (non-hydrogen) atoms. The smallest absolute Gasteiger partial charge is 0.337 e. The summed E-state index contributed by atoms with van der Waals surface area (Å²) in [5.41, 5.74) is 1.21. The van der Waals surface area contributed by atoms with E-state index in [9.17, 15) is 19.2 Å². The molecule has 0 bridgehead atoms. The molecule has 1 heterocycles. The topological polar surface area (TPSA) is 102 Å². The summed E-state index contributed by atoms with van der Waals surface area (Å²) in [5.74, 6) is -1.18. The van der Waals surface area contributed by atoms with Gasteiger partial charge >= 0.3 is 5.97 Å². The minimum absolute atomic E-state index is 0.0582. The van der Waals surface area contributed by atoms with E-state index < -0.39 is 23.9 Å². The van der Waals surface area contributed by atoms with Crippen LogP contribution in [0, 0.1) is 0 Å². The van der Waals surface area contributed by atoms with Crippen LogP contribution in [0.5, 0.6) is 5.75 Å². The summed E-state index contributed by atoms with van der Waals surface area (Å²) in [7, 11) is 1.25. The molecule has 0 fully saturated rings. The van der Waals surface area contributed by atoms with Crippen molar-refractivity contribution in [2.45, 2.75) is 32.8 Å². The number of esters is 1. The summed E-state index contributed by atoms with van der Waals surface area (Å²) in [6, 6.07) is 9.17. The number of methoxy groups -OCH3 is 1. The van der Waals surface area contributed by atoms with Gasteiger partial charge in [-0.25, -0.2) is 4.79 Å². The third kappa shape index (κ3) is 4.91. The van der Waals surface area contributed by atoms with Crippen molar-refractivity contribution in [3.05, 3.63) is 52.5 Å². The molecule has 2 aromatic carbocycles. The Morgan fingerprint density at radius 2 is 1.88 bits per heavy atom. The Kier molecular flexibility index (Phi) is 7.15. The fourth-order valence-corrected chi connectivity index (χ4v) is 3.48. The number of nitrogens with zero attached hydrogens (tertiary/aromatic N) is 1. The van der Waals surface area contributed by atoms with Crippen molar-refractivity contribution < 1.29 is 28.7 Å². The molecule has 3 rings (SSSR count). The van der Waals surface area contributed by atoms with E-state index in [1.807, 2.05) is 6.92 Å². The Morgan fingerprint density at radius 1 is 1.16 bits per heavy atom. The number of amides is 2. The van der Waals surface area contributed by atoms with Gasteiger partial charge in [-0.05, 0) is 49.7 Å². The monoisotopic (exact) mass is 458 g/mol. The summed E-state index contributed by atoms with van der Waals surface area (Å²) in [4.78, 5) is 50.9. The highest BCUT2D eigenvalue weighted by Crippen LogP contribution is 2.35. The van der Waals surface area contributed by atoms with Gasteiger partial charge in [-0.15, -0.1) is 0 Å². The first-order chi connectivity index (χ1) is 15.2. The molecule has 0 spiro atoms. The molecule has 1 atom stereocenters. The second-order valence-electron chi connectivity index (χ2n) is 7.27. The van der Waals surface area contributed by atoms with E-state index >= 15 is 0 Å². The number of benzene rings is 2. The van der Waals surface area contributed by atoms with Gasteiger partial charge in [0.25, 0.3) is 5.91 Å². The van der Waals surface area contributed by atoms with E-state index in [2.05, 4.69) is 10.1 Å². The summed E-state index contributed by atoms with van der Waals surface area (Å²) < 4.78 is 10.3. The van der Waals surface area contributed by atoms with E-state index in [0.717, 1.165) is 0 Å². The molecular formula is C23H23ClN2O6. The van der Waals surface area contributed by atoms with Crippen LogP contribution in [0.15, 0.2) is 36.4 Å². The molecular weight excluding hydrogens is 436 g/mol. The molecule has 9 heteroatoms. The maximum atomic E-state index is 12.8. The second kappa shape index (κ2) is 9.82. The molecule has 0 aliphatic carbocycles. The van der Waals surface area contributed by atoms with Crippen molar-refractivity contribution in [2.24, 2.45) is 0 Å². The molecule has 1 unspecified atom stereocenters. The minimum Gasteiger partial charge on any atom is -0.479 e. The SMILES string of the molecule is CCCC(=O)c1ccc2c(c1)N(CC(=O)Nc1cc(C(=O)OC)ccc1Cl)C(=O)C(C)O2. The normalized spacial score (nSPS) is 14.9. The number of nitrogens with one attached hydrogen (secondary N) is 1. The van der Waals surface area contributed by atoms with E-state index in [1.165, 1.54) is 30.2 Å². The molecule has 168 valence electrons. The summed E-state index contributed by atoms with van der Waals surface area (Å²) in [6.45, 7) is 3.16. The summed E-state index contributed by atoms with van der Waals surface area (Å²) in [5, 5.41) is 2.84. The van der Waals surface area contributed by atoms with Gasteiger partial charge in [-0.3, -0.25) is 19.3 Å². The van der Waals surface area contributed by atoms with Crippen LogP contribution in [0.2, 0.25) is 5.02 Å². The van der Waals surface area contributed by atoms with Gasteiger partial charge in [0, 0.05) is 12.0 Å². The van der Waals surface area contributed by atoms with E-state index in [1.54, 1.807) is 25.1 Å². The van der Waals surface area contributed by atoms with Crippen LogP contribution in [0.25, 0.3) is 0 Å². The highest BCUT2D eigenvalue weighted by Gasteiger charge is 2.33. The van der Waals surface area contributed by atoms with E-state index in [-0.39, 0.29) is 28.6 Å². The van der Waals surface area contributed by atoms with Crippen molar-refractivity contribution in [3.63, 3.8) is 0 Å². The number of ether oxygens (including phenoxy) is 2. The van der Waals surface area contributed by atoms with Crippen LogP contribution in [-0.2, 0) is 14.3 Å². The molecule has 0 saturated carbocycles. The van der Waals surface area contributed by atoms with Crippen LogP contribution in [0.1, 0.15) is 47.4 Å². The van der Waals surface area contributed by atoms with Crippen LogP contribution < -0.4 is 15.0 Å². The lowest BCUT2D eigenvalue weighted by atomic mass is 10.0. The first kappa shape index (κ1) is 23.3. The molecule has 0 saturated heterocycles. The van der Waals surface area contributed by atoms with Crippen molar-refractivity contribution >= 4 is 46.5 Å². The van der Waals surface area contributed by atoms with Crippen molar-refractivity contribution in [3.8, 4) is 5.75 Å². The Hall–Kier alpha value is -3.39. The zero-order valence-corrected chi connectivity index (χ0v) is 18.7. The van der Waals surface area contributed by atoms with Gasteiger partial charge in [0.2, 0.25) is 5.91 Å². The van der Waals surface area contributed by atoms with Gasteiger partial charge in [0.05, 0.1) is 29.1 Å². The number of hydrogen-bond donors (Lipinski definition) is 1. The lowest BCUT2D eigenvalue weighted by Crippen LogP contribution is -2.47. The van der Waals surface area contributed by atoms with Crippen LogP contribution in [-0.4, -0.2) is 43.3 Å². The Labute approximate surface area is 190 Å². The van der Waals surface area contributed by atoms with Crippen LogP contribution in [0.3, 0.4) is 0 Å². The maximum absolute atomic E-state index is 12.8. The predicted octanol–water partition coefficient (Wildman–Crippen LogP) is 3.86. The highest BCUT2D eigenvalue weighted by molar-refractivity contribution is 6.34. The van der Waals surface area contributed by atoms with Gasteiger partial charge in [0.1, 0.15) is 12.3 Å². The van der Waals surface area contributed by atoms with Gasteiger partial charge < -0.3 is 14.8 Å².